The molecule has 0 aromatic heterocycles. The number of benzene rings is 1. The normalized spacial score (nSPS) is 19.5. The van der Waals surface area contributed by atoms with Gasteiger partial charge in [0.25, 0.3) is 0 Å². The van der Waals surface area contributed by atoms with Crippen LogP contribution >= 0.6 is 0 Å². The van der Waals surface area contributed by atoms with Crippen LogP contribution in [0.1, 0.15) is 5.56 Å². The highest BCUT2D eigenvalue weighted by Gasteiger charge is 2.40. The van der Waals surface area contributed by atoms with Crippen molar-refractivity contribution in [1.29, 1.82) is 0 Å². The lowest BCUT2D eigenvalue weighted by molar-refractivity contribution is -0.0579. The van der Waals surface area contributed by atoms with Crippen molar-refractivity contribution in [3.05, 3.63) is 29.8 Å². The highest BCUT2D eigenvalue weighted by molar-refractivity contribution is 5.39. The number of phenolic OH excluding ortho intramolecular Hbond substituents is 1. The van der Waals surface area contributed by atoms with Crippen LogP contribution in [0, 0.1) is 0 Å². The molecule has 0 saturated carbocycles. The first kappa shape index (κ1) is 8.53. The van der Waals surface area contributed by atoms with E-state index in [1.807, 2.05) is 18.2 Å². The van der Waals surface area contributed by atoms with Crippen molar-refractivity contribution < 1.29 is 9.84 Å². The predicted octanol–water partition coefficient (Wildman–Crippen LogP) is 0.837. The van der Waals surface area contributed by atoms with Gasteiger partial charge in [-0.05, 0) is 6.07 Å². The Morgan fingerprint density at radius 1 is 1.38 bits per heavy atom. The quantitative estimate of drug-likeness (QED) is 0.706. The summed E-state index contributed by atoms with van der Waals surface area (Å²) in [4.78, 5) is 0. The standard InChI is InChI=1S/C10H13NO2/c1-13-10(6-11-7-10)8-4-2-3-5-9(8)12/h2-5,11-12H,6-7H2,1H3. The van der Waals surface area contributed by atoms with E-state index in [1.54, 1.807) is 13.2 Å². The Kier molecular flexibility index (Phi) is 1.98. The lowest BCUT2D eigenvalue weighted by Gasteiger charge is -2.41. The molecular formula is C10H13NO2. The highest BCUT2D eigenvalue weighted by Crippen LogP contribution is 2.34. The van der Waals surface area contributed by atoms with Crippen LogP contribution in [0.25, 0.3) is 0 Å². The Morgan fingerprint density at radius 3 is 2.54 bits per heavy atom. The summed E-state index contributed by atoms with van der Waals surface area (Å²) in [6.45, 7) is 1.53. The number of hydrogen-bond acceptors (Lipinski definition) is 3. The van der Waals surface area contributed by atoms with Crippen molar-refractivity contribution in [3.63, 3.8) is 0 Å². The number of rotatable bonds is 2. The maximum absolute atomic E-state index is 9.63. The lowest BCUT2D eigenvalue weighted by Crippen LogP contribution is -2.57. The van der Waals surface area contributed by atoms with Gasteiger partial charge >= 0.3 is 0 Å². The monoisotopic (exact) mass is 179 g/mol. The molecule has 0 amide bonds. The second kappa shape index (κ2) is 3.01. The fraction of sp³-hybridized carbons (Fsp3) is 0.400. The Morgan fingerprint density at radius 2 is 2.08 bits per heavy atom. The Balaban J connectivity index is 2.38. The topological polar surface area (TPSA) is 41.5 Å². The zero-order valence-corrected chi connectivity index (χ0v) is 7.58. The molecule has 3 nitrogen and oxygen atoms in total. The van der Waals surface area contributed by atoms with E-state index < -0.39 is 0 Å². The molecule has 1 aromatic carbocycles. The van der Waals surface area contributed by atoms with Gasteiger partial charge in [0, 0.05) is 25.8 Å². The molecule has 13 heavy (non-hydrogen) atoms. The fourth-order valence-electron chi connectivity index (χ4n) is 1.66. The zero-order valence-electron chi connectivity index (χ0n) is 7.58. The van der Waals surface area contributed by atoms with Gasteiger partial charge in [-0.25, -0.2) is 0 Å². The van der Waals surface area contributed by atoms with Gasteiger partial charge in [0.15, 0.2) is 0 Å². The van der Waals surface area contributed by atoms with Gasteiger partial charge in [-0.3, -0.25) is 0 Å². The molecule has 0 radical (unpaired) electrons. The smallest absolute Gasteiger partial charge is 0.121 e. The Labute approximate surface area is 77.3 Å². The third-order valence-electron chi connectivity index (χ3n) is 2.61. The largest absolute Gasteiger partial charge is 0.508 e. The minimum Gasteiger partial charge on any atom is -0.508 e. The van der Waals surface area contributed by atoms with Crippen LogP contribution in [0.4, 0.5) is 0 Å². The molecule has 1 aliphatic rings. The summed E-state index contributed by atoms with van der Waals surface area (Å²) in [5.74, 6) is 0.311. The Hall–Kier alpha value is -1.06. The average molecular weight is 179 g/mol. The van der Waals surface area contributed by atoms with Gasteiger partial charge in [0.1, 0.15) is 11.4 Å². The molecule has 2 rings (SSSR count). The predicted molar refractivity (Wildman–Crippen MR) is 49.7 cm³/mol. The molecule has 1 fully saturated rings. The summed E-state index contributed by atoms with van der Waals surface area (Å²) >= 11 is 0. The SMILES string of the molecule is COC1(c2ccccc2O)CNC1. The van der Waals surface area contributed by atoms with Crippen LogP contribution in [-0.4, -0.2) is 25.3 Å². The summed E-state index contributed by atoms with van der Waals surface area (Å²) in [6, 6.07) is 7.32. The minimum absolute atomic E-state index is 0.311. The van der Waals surface area contributed by atoms with E-state index in [2.05, 4.69) is 5.32 Å². The van der Waals surface area contributed by atoms with Crippen molar-refractivity contribution in [1.82, 2.24) is 5.32 Å². The Bertz CT molecular complexity index is 302. The number of nitrogens with one attached hydrogen (secondary N) is 1. The lowest BCUT2D eigenvalue weighted by atomic mass is 9.87. The van der Waals surface area contributed by atoms with E-state index in [1.165, 1.54) is 0 Å². The van der Waals surface area contributed by atoms with Gasteiger partial charge < -0.3 is 15.2 Å². The number of hydrogen-bond donors (Lipinski definition) is 2. The summed E-state index contributed by atoms with van der Waals surface area (Å²) < 4.78 is 5.42. The van der Waals surface area contributed by atoms with Crippen molar-refractivity contribution in [3.8, 4) is 5.75 Å². The molecule has 0 unspecified atom stereocenters. The van der Waals surface area contributed by atoms with Crippen molar-refractivity contribution in [2.75, 3.05) is 20.2 Å². The first-order valence-electron chi connectivity index (χ1n) is 4.33. The second-order valence-corrected chi connectivity index (χ2v) is 3.32. The molecular weight excluding hydrogens is 166 g/mol. The summed E-state index contributed by atoms with van der Waals surface area (Å²) in [5.41, 5.74) is 0.557. The van der Waals surface area contributed by atoms with Gasteiger partial charge in [-0.1, -0.05) is 18.2 Å². The molecule has 1 aromatic rings. The van der Waals surface area contributed by atoms with E-state index >= 15 is 0 Å². The fourth-order valence-corrected chi connectivity index (χ4v) is 1.66. The van der Waals surface area contributed by atoms with Crippen molar-refractivity contribution >= 4 is 0 Å². The maximum atomic E-state index is 9.63. The molecule has 3 heteroatoms. The van der Waals surface area contributed by atoms with E-state index in [-0.39, 0.29) is 5.60 Å². The summed E-state index contributed by atoms with van der Waals surface area (Å²) in [7, 11) is 1.67. The van der Waals surface area contributed by atoms with Crippen LogP contribution in [-0.2, 0) is 10.3 Å². The first-order valence-corrected chi connectivity index (χ1v) is 4.33. The van der Waals surface area contributed by atoms with Gasteiger partial charge in [-0.2, -0.15) is 0 Å². The van der Waals surface area contributed by atoms with Crippen molar-refractivity contribution in [2.24, 2.45) is 0 Å². The minimum atomic E-state index is -0.314. The number of aromatic hydroxyl groups is 1. The summed E-state index contributed by atoms with van der Waals surface area (Å²) in [6.07, 6.45) is 0. The second-order valence-electron chi connectivity index (χ2n) is 3.32. The number of phenols is 1. The third-order valence-corrected chi connectivity index (χ3v) is 2.61. The first-order chi connectivity index (χ1) is 6.28. The number of ether oxygens (including phenoxy) is 1. The van der Waals surface area contributed by atoms with E-state index in [9.17, 15) is 5.11 Å². The molecule has 0 atom stereocenters. The average Bonchev–Trinajstić information content (AvgIpc) is 2.07. The third kappa shape index (κ3) is 1.20. The van der Waals surface area contributed by atoms with Crippen molar-refractivity contribution in [2.45, 2.75) is 5.60 Å². The van der Waals surface area contributed by atoms with Gasteiger partial charge in [0.2, 0.25) is 0 Å². The molecule has 1 aliphatic heterocycles. The van der Waals surface area contributed by atoms with Crippen LogP contribution in [0.15, 0.2) is 24.3 Å². The number of para-hydroxylation sites is 1. The molecule has 2 N–H and O–H groups in total. The molecule has 0 spiro atoms. The van der Waals surface area contributed by atoms with E-state index in [4.69, 9.17) is 4.74 Å². The van der Waals surface area contributed by atoms with Crippen LogP contribution in [0.5, 0.6) is 5.75 Å². The molecule has 0 aliphatic carbocycles. The van der Waals surface area contributed by atoms with Gasteiger partial charge in [-0.15, -0.1) is 0 Å². The molecule has 0 bridgehead atoms. The van der Waals surface area contributed by atoms with Crippen LogP contribution in [0.2, 0.25) is 0 Å². The summed E-state index contributed by atoms with van der Waals surface area (Å²) in [5, 5.41) is 12.8. The number of methoxy groups -OCH3 is 1. The molecule has 70 valence electrons. The van der Waals surface area contributed by atoms with E-state index in [0.717, 1.165) is 18.7 Å². The van der Waals surface area contributed by atoms with Crippen LogP contribution < -0.4 is 5.32 Å². The van der Waals surface area contributed by atoms with E-state index in [0.29, 0.717) is 5.75 Å². The maximum Gasteiger partial charge on any atom is 0.121 e. The molecule has 1 saturated heterocycles. The van der Waals surface area contributed by atoms with Gasteiger partial charge in [0.05, 0.1) is 0 Å². The zero-order chi connectivity index (χ0) is 9.31. The molecule has 1 heterocycles. The highest BCUT2D eigenvalue weighted by atomic mass is 16.5. The van der Waals surface area contributed by atoms with Crippen LogP contribution in [0.3, 0.4) is 0 Å².